The molecule has 140 valence electrons. The van der Waals surface area contributed by atoms with Gasteiger partial charge in [-0.15, -0.1) is 0 Å². The number of carbonyl (C=O) groups is 1. The Kier molecular flexibility index (Phi) is 7.16. The lowest BCUT2D eigenvalue weighted by molar-refractivity contribution is -0.138. The topological polar surface area (TPSA) is 48.0 Å². The fourth-order valence-electron chi connectivity index (χ4n) is 2.58. The summed E-state index contributed by atoms with van der Waals surface area (Å²) >= 11 is 6.13. The molecule has 0 heterocycles. The number of rotatable bonds is 8. The number of hydrogen-bond donors (Lipinski definition) is 0. The van der Waals surface area contributed by atoms with Crippen LogP contribution >= 0.6 is 11.6 Å². The standard InChI is InChI=1S/C20H24ClNO4/c1-5-16(26-17-9-7-6-8-15(17)21)20(23)22(2)13-14-10-11-18(24-3)19(12-14)25-4/h6-12,16H,5,13H2,1-4H3. The smallest absolute Gasteiger partial charge is 0.263 e. The molecule has 6 heteroatoms. The van der Waals surface area contributed by atoms with Crippen LogP contribution in [0.2, 0.25) is 5.02 Å². The second-order valence-electron chi connectivity index (χ2n) is 5.83. The minimum Gasteiger partial charge on any atom is -0.493 e. The van der Waals surface area contributed by atoms with E-state index in [4.69, 9.17) is 25.8 Å². The zero-order valence-corrected chi connectivity index (χ0v) is 16.2. The normalized spacial score (nSPS) is 11.6. The van der Waals surface area contributed by atoms with Crippen LogP contribution in [0.3, 0.4) is 0 Å². The first kappa shape index (κ1) is 19.9. The minimum atomic E-state index is -0.597. The summed E-state index contributed by atoms with van der Waals surface area (Å²) in [5.41, 5.74) is 0.936. The fraction of sp³-hybridized carbons (Fsp3) is 0.350. The summed E-state index contributed by atoms with van der Waals surface area (Å²) in [6.45, 7) is 2.34. The number of methoxy groups -OCH3 is 2. The quantitative estimate of drug-likeness (QED) is 0.692. The molecule has 2 aromatic carbocycles. The highest BCUT2D eigenvalue weighted by molar-refractivity contribution is 6.32. The second-order valence-corrected chi connectivity index (χ2v) is 6.24. The number of likely N-dealkylation sites (N-methyl/N-ethyl adjacent to an activating group) is 1. The van der Waals surface area contributed by atoms with Gasteiger partial charge in [0.1, 0.15) is 5.75 Å². The number of para-hydroxylation sites is 1. The molecule has 1 amide bonds. The van der Waals surface area contributed by atoms with Gasteiger partial charge in [0.05, 0.1) is 19.2 Å². The van der Waals surface area contributed by atoms with Crippen molar-refractivity contribution in [2.24, 2.45) is 0 Å². The largest absolute Gasteiger partial charge is 0.493 e. The number of carbonyl (C=O) groups excluding carboxylic acids is 1. The van der Waals surface area contributed by atoms with Crippen LogP contribution < -0.4 is 14.2 Å². The van der Waals surface area contributed by atoms with Crippen LogP contribution in [0, 0.1) is 0 Å². The van der Waals surface area contributed by atoms with E-state index in [1.54, 1.807) is 38.3 Å². The van der Waals surface area contributed by atoms with Gasteiger partial charge in [-0.25, -0.2) is 0 Å². The summed E-state index contributed by atoms with van der Waals surface area (Å²) in [7, 11) is 4.92. The Morgan fingerprint density at radius 1 is 1.08 bits per heavy atom. The Labute approximate surface area is 159 Å². The number of hydrogen-bond acceptors (Lipinski definition) is 4. The van der Waals surface area contributed by atoms with E-state index in [-0.39, 0.29) is 5.91 Å². The van der Waals surface area contributed by atoms with E-state index in [0.29, 0.717) is 35.2 Å². The van der Waals surface area contributed by atoms with Gasteiger partial charge < -0.3 is 19.1 Å². The molecule has 0 N–H and O–H groups in total. The molecule has 5 nitrogen and oxygen atoms in total. The summed E-state index contributed by atoms with van der Waals surface area (Å²) in [5.74, 6) is 1.68. The zero-order chi connectivity index (χ0) is 19.1. The van der Waals surface area contributed by atoms with E-state index in [2.05, 4.69) is 0 Å². The van der Waals surface area contributed by atoms with Crippen molar-refractivity contribution in [2.45, 2.75) is 26.0 Å². The van der Waals surface area contributed by atoms with Gasteiger partial charge in [0.2, 0.25) is 0 Å². The van der Waals surface area contributed by atoms with E-state index in [9.17, 15) is 4.79 Å². The van der Waals surface area contributed by atoms with E-state index >= 15 is 0 Å². The Hall–Kier alpha value is -2.40. The highest BCUT2D eigenvalue weighted by Gasteiger charge is 2.23. The number of benzene rings is 2. The lowest BCUT2D eigenvalue weighted by atomic mass is 10.1. The molecule has 0 radical (unpaired) electrons. The lowest BCUT2D eigenvalue weighted by Gasteiger charge is -2.24. The first-order chi connectivity index (χ1) is 12.5. The van der Waals surface area contributed by atoms with Gasteiger partial charge in [-0.2, -0.15) is 0 Å². The van der Waals surface area contributed by atoms with Crippen LogP contribution in [-0.4, -0.2) is 38.2 Å². The molecule has 0 aliphatic rings. The SMILES string of the molecule is CCC(Oc1ccccc1Cl)C(=O)N(C)Cc1ccc(OC)c(OC)c1. The van der Waals surface area contributed by atoms with Gasteiger partial charge in [-0.05, 0) is 36.2 Å². The molecule has 1 atom stereocenters. The molecule has 2 rings (SSSR count). The molecular weight excluding hydrogens is 354 g/mol. The average Bonchev–Trinajstić information content (AvgIpc) is 2.66. The lowest BCUT2D eigenvalue weighted by Crippen LogP contribution is -2.39. The van der Waals surface area contributed by atoms with Crippen molar-refractivity contribution >= 4 is 17.5 Å². The molecule has 26 heavy (non-hydrogen) atoms. The zero-order valence-electron chi connectivity index (χ0n) is 15.5. The summed E-state index contributed by atoms with van der Waals surface area (Å²) in [4.78, 5) is 14.4. The van der Waals surface area contributed by atoms with E-state index in [1.807, 2.05) is 37.3 Å². The van der Waals surface area contributed by atoms with Crippen LogP contribution in [0.1, 0.15) is 18.9 Å². The Morgan fingerprint density at radius 3 is 2.38 bits per heavy atom. The minimum absolute atomic E-state index is 0.109. The van der Waals surface area contributed by atoms with Gasteiger partial charge >= 0.3 is 0 Å². The van der Waals surface area contributed by atoms with Crippen molar-refractivity contribution in [2.75, 3.05) is 21.3 Å². The molecule has 0 bridgehead atoms. The van der Waals surface area contributed by atoms with E-state index < -0.39 is 6.10 Å². The van der Waals surface area contributed by atoms with Crippen molar-refractivity contribution in [3.8, 4) is 17.2 Å². The second kappa shape index (κ2) is 9.34. The van der Waals surface area contributed by atoms with Crippen molar-refractivity contribution < 1.29 is 19.0 Å². The maximum atomic E-state index is 12.8. The number of nitrogens with zero attached hydrogens (tertiary/aromatic N) is 1. The number of ether oxygens (including phenoxy) is 3. The molecule has 2 aromatic rings. The third-order valence-electron chi connectivity index (χ3n) is 4.00. The van der Waals surface area contributed by atoms with Crippen molar-refractivity contribution in [3.05, 3.63) is 53.1 Å². The van der Waals surface area contributed by atoms with Crippen LogP contribution in [-0.2, 0) is 11.3 Å². The van der Waals surface area contributed by atoms with E-state index in [1.165, 1.54) is 0 Å². The van der Waals surface area contributed by atoms with Gasteiger partial charge in [0.15, 0.2) is 17.6 Å². The summed E-state index contributed by atoms with van der Waals surface area (Å²) in [6.07, 6.45) is -0.0552. The van der Waals surface area contributed by atoms with Crippen LogP contribution in [0.15, 0.2) is 42.5 Å². The van der Waals surface area contributed by atoms with Crippen LogP contribution in [0.25, 0.3) is 0 Å². The Balaban J connectivity index is 2.08. The maximum absolute atomic E-state index is 12.8. The van der Waals surface area contributed by atoms with Crippen LogP contribution in [0.5, 0.6) is 17.2 Å². The predicted octanol–water partition coefficient (Wildman–Crippen LogP) is 4.17. The third-order valence-corrected chi connectivity index (χ3v) is 4.31. The van der Waals surface area contributed by atoms with Gasteiger partial charge in [-0.3, -0.25) is 4.79 Å². The molecule has 0 fully saturated rings. The molecule has 0 aliphatic heterocycles. The number of amides is 1. The summed E-state index contributed by atoms with van der Waals surface area (Å²) in [6, 6.07) is 12.7. The molecule has 0 aromatic heterocycles. The Bertz CT molecular complexity index is 750. The fourth-order valence-corrected chi connectivity index (χ4v) is 2.76. The summed E-state index contributed by atoms with van der Waals surface area (Å²) < 4.78 is 16.4. The predicted molar refractivity (Wildman–Crippen MR) is 102 cm³/mol. The molecule has 0 saturated heterocycles. The molecule has 0 saturated carbocycles. The Morgan fingerprint density at radius 2 is 1.77 bits per heavy atom. The van der Waals surface area contributed by atoms with Gasteiger partial charge in [0, 0.05) is 13.6 Å². The molecular formula is C20H24ClNO4. The van der Waals surface area contributed by atoms with Crippen molar-refractivity contribution in [3.63, 3.8) is 0 Å². The third kappa shape index (κ3) is 4.82. The first-order valence-corrected chi connectivity index (χ1v) is 8.75. The maximum Gasteiger partial charge on any atom is 0.263 e. The van der Waals surface area contributed by atoms with Crippen LogP contribution in [0.4, 0.5) is 0 Å². The van der Waals surface area contributed by atoms with Gasteiger partial charge in [0.25, 0.3) is 5.91 Å². The van der Waals surface area contributed by atoms with Gasteiger partial charge in [-0.1, -0.05) is 36.7 Å². The van der Waals surface area contributed by atoms with E-state index in [0.717, 1.165) is 5.56 Å². The first-order valence-electron chi connectivity index (χ1n) is 8.37. The summed E-state index contributed by atoms with van der Waals surface area (Å²) in [5, 5.41) is 0.487. The average molecular weight is 378 g/mol. The highest BCUT2D eigenvalue weighted by atomic mass is 35.5. The molecule has 1 unspecified atom stereocenters. The van der Waals surface area contributed by atoms with Crippen molar-refractivity contribution in [1.29, 1.82) is 0 Å². The highest BCUT2D eigenvalue weighted by Crippen LogP contribution is 2.28. The van der Waals surface area contributed by atoms with Crippen molar-refractivity contribution in [1.82, 2.24) is 4.90 Å². The molecule has 0 aliphatic carbocycles. The monoisotopic (exact) mass is 377 g/mol. The number of halogens is 1. The molecule has 0 spiro atoms.